The van der Waals surface area contributed by atoms with Gasteiger partial charge in [-0.05, 0) is 37.1 Å². The van der Waals surface area contributed by atoms with Crippen LogP contribution in [0.2, 0.25) is 0 Å². The number of halogens is 1. The molecule has 0 radical (unpaired) electrons. The maximum atomic E-state index is 12.8. The maximum absolute atomic E-state index is 12.8. The fraction of sp³-hybridized carbons (Fsp3) is 0.500. The third-order valence-electron chi connectivity index (χ3n) is 2.71. The van der Waals surface area contributed by atoms with E-state index in [4.69, 9.17) is 9.31 Å². The van der Waals surface area contributed by atoms with Crippen LogP contribution in [0.5, 0.6) is 0 Å². The zero-order valence-electron chi connectivity index (χ0n) is 12.3. The molecule has 0 saturated carbocycles. The van der Waals surface area contributed by atoms with Crippen molar-refractivity contribution in [2.75, 3.05) is 13.2 Å². The molecular weight excluding hydrogens is 254 g/mol. The molecule has 1 aromatic rings. The Hall–Kier alpha value is -1.31. The number of hydrogen-bond acceptors (Lipinski definition) is 2. The summed E-state index contributed by atoms with van der Waals surface area (Å²) < 4.78 is 24.0. The molecule has 2 nitrogen and oxygen atoms in total. The van der Waals surface area contributed by atoms with E-state index in [0.29, 0.717) is 13.2 Å². The molecule has 20 heavy (non-hydrogen) atoms. The molecule has 0 aliphatic carbocycles. The Morgan fingerprint density at radius 3 is 2.05 bits per heavy atom. The molecule has 0 fully saturated rings. The van der Waals surface area contributed by atoms with Crippen molar-refractivity contribution in [3.8, 4) is 11.7 Å². The highest BCUT2D eigenvalue weighted by Crippen LogP contribution is 2.02. The van der Waals surface area contributed by atoms with Gasteiger partial charge in [-0.15, -0.1) is 0 Å². The average molecular weight is 276 g/mol. The van der Waals surface area contributed by atoms with Gasteiger partial charge in [-0.1, -0.05) is 38.4 Å². The van der Waals surface area contributed by atoms with E-state index in [1.54, 1.807) is 12.1 Å². The lowest BCUT2D eigenvalue weighted by molar-refractivity contribution is 0.203. The van der Waals surface area contributed by atoms with Crippen molar-refractivity contribution in [1.29, 1.82) is 0 Å². The Morgan fingerprint density at radius 1 is 1.00 bits per heavy atom. The molecule has 1 aromatic carbocycles. The molecule has 0 spiro atoms. The van der Waals surface area contributed by atoms with Crippen molar-refractivity contribution in [3.63, 3.8) is 0 Å². The van der Waals surface area contributed by atoms with Crippen molar-refractivity contribution in [2.45, 2.75) is 39.5 Å². The molecule has 0 bridgehead atoms. The second kappa shape index (κ2) is 10.5. The Labute approximate surface area is 121 Å². The van der Waals surface area contributed by atoms with Crippen molar-refractivity contribution in [3.05, 3.63) is 35.6 Å². The SMILES string of the molecule is CCCCOB(C#Cc1ccc(F)cc1)OCCCC. The average Bonchev–Trinajstić information content (AvgIpc) is 2.46. The topological polar surface area (TPSA) is 18.5 Å². The van der Waals surface area contributed by atoms with Crippen LogP contribution in [-0.4, -0.2) is 20.3 Å². The van der Waals surface area contributed by atoms with Crippen molar-refractivity contribution in [1.82, 2.24) is 0 Å². The fourth-order valence-corrected chi connectivity index (χ4v) is 1.48. The molecule has 0 atom stereocenters. The Bertz CT molecular complexity index is 412. The maximum Gasteiger partial charge on any atom is 0.550 e. The molecule has 0 aromatic heterocycles. The zero-order chi connectivity index (χ0) is 14.6. The van der Waals surface area contributed by atoms with E-state index in [-0.39, 0.29) is 5.82 Å². The third-order valence-corrected chi connectivity index (χ3v) is 2.71. The van der Waals surface area contributed by atoms with Gasteiger partial charge in [0, 0.05) is 18.8 Å². The van der Waals surface area contributed by atoms with Crippen LogP contribution in [0, 0.1) is 17.6 Å². The van der Waals surface area contributed by atoms with E-state index in [0.717, 1.165) is 31.2 Å². The minimum Gasteiger partial charge on any atom is -0.400 e. The lowest BCUT2D eigenvalue weighted by Gasteiger charge is -2.08. The quantitative estimate of drug-likeness (QED) is 0.408. The number of benzene rings is 1. The van der Waals surface area contributed by atoms with Gasteiger partial charge < -0.3 is 9.31 Å². The second-order valence-corrected chi connectivity index (χ2v) is 4.56. The van der Waals surface area contributed by atoms with Crippen molar-refractivity contribution < 1.29 is 13.7 Å². The number of hydrogen-bond donors (Lipinski definition) is 0. The number of unbranched alkanes of at least 4 members (excludes halogenated alkanes) is 2. The van der Waals surface area contributed by atoms with Crippen LogP contribution < -0.4 is 0 Å². The summed E-state index contributed by atoms with van der Waals surface area (Å²) in [6.45, 7) is 5.51. The fourth-order valence-electron chi connectivity index (χ4n) is 1.48. The van der Waals surface area contributed by atoms with Crippen molar-refractivity contribution >= 4 is 7.12 Å². The largest absolute Gasteiger partial charge is 0.550 e. The smallest absolute Gasteiger partial charge is 0.400 e. The Morgan fingerprint density at radius 2 is 1.55 bits per heavy atom. The summed E-state index contributed by atoms with van der Waals surface area (Å²) >= 11 is 0. The first kappa shape index (κ1) is 16.7. The van der Waals surface area contributed by atoms with Crippen LogP contribution in [0.1, 0.15) is 45.1 Å². The predicted octanol–water partition coefficient (Wildman–Crippen LogP) is 3.84. The van der Waals surface area contributed by atoms with Crippen LogP contribution in [0.15, 0.2) is 24.3 Å². The third kappa shape index (κ3) is 7.32. The molecule has 0 amide bonds. The molecule has 0 aliphatic heterocycles. The lowest BCUT2D eigenvalue weighted by atomic mass is 9.90. The Balaban J connectivity index is 2.55. The monoisotopic (exact) mass is 276 g/mol. The zero-order valence-corrected chi connectivity index (χ0v) is 12.3. The van der Waals surface area contributed by atoms with Gasteiger partial charge in [0.2, 0.25) is 0 Å². The summed E-state index contributed by atoms with van der Waals surface area (Å²) in [4.78, 5) is 0. The van der Waals surface area contributed by atoms with Crippen LogP contribution in [-0.2, 0) is 9.31 Å². The second-order valence-electron chi connectivity index (χ2n) is 4.56. The molecule has 0 saturated heterocycles. The number of rotatable bonds is 8. The summed E-state index contributed by atoms with van der Waals surface area (Å²) in [5, 5.41) is 0. The molecule has 0 heterocycles. The van der Waals surface area contributed by atoms with E-state index in [1.165, 1.54) is 12.1 Å². The van der Waals surface area contributed by atoms with E-state index in [1.807, 2.05) is 0 Å². The van der Waals surface area contributed by atoms with Crippen LogP contribution in [0.4, 0.5) is 4.39 Å². The molecular formula is C16H22BFO2. The van der Waals surface area contributed by atoms with E-state index >= 15 is 0 Å². The highest BCUT2D eigenvalue weighted by Gasteiger charge is 2.14. The van der Waals surface area contributed by atoms with Gasteiger partial charge in [-0.2, -0.15) is 0 Å². The first-order valence-electron chi connectivity index (χ1n) is 7.26. The lowest BCUT2D eigenvalue weighted by Crippen LogP contribution is -2.22. The van der Waals surface area contributed by atoms with Gasteiger partial charge >= 0.3 is 7.12 Å². The van der Waals surface area contributed by atoms with E-state index < -0.39 is 7.12 Å². The predicted molar refractivity (Wildman–Crippen MR) is 80.8 cm³/mol. The van der Waals surface area contributed by atoms with Gasteiger partial charge in [0.1, 0.15) is 5.82 Å². The van der Waals surface area contributed by atoms with Crippen LogP contribution in [0.25, 0.3) is 0 Å². The first-order valence-corrected chi connectivity index (χ1v) is 7.26. The standard InChI is InChI=1S/C16H22BFO2/c1-3-5-13-19-17(20-14-6-4-2)12-11-15-7-9-16(18)10-8-15/h7-10H,3-6,13-14H2,1-2H3. The van der Waals surface area contributed by atoms with E-state index in [9.17, 15) is 4.39 Å². The first-order chi connectivity index (χ1) is 9.76. The summed E-state index contributed by atoms with van der Waals surface area (Å²) in [6.07, 6.45) is 4.14. The normalized spacial score (nSPS) is 9.95. The van der Waals surface area contributed by atoms with Gasteiger partial charge in [-0.25, -0.2) is 4.39 Å². The minimum atomic E-state index is -0.502. The van der Waals surface area contributed by atoms with Gasteiger partial charge in [0.05, 0.1) is 0 Å². The van der Waals surface area contributed by atoms with Crippen molar-refractivity contribution in [2.24, 2.45) is 0 Å². The molecule has 4 heteroatoms. The minimum absolute atomic E-state index is 0.259. The molecule has 1 rings (SSSR count). The van der Waals surface area contributed by atoms with Gasteiger partial charge in [0.15, 0.2) is 0 Å². The molecule has 0 N–H and O–H groups in total. The Kier molecular flexibility index (Phi) is 8.77. The highest BCUT2D eigenvalue weighted by molar-refractivity contribution is 6.54. The summed E-state index contributed by atoms with van der Waals surface area (Å²) in [5.41, 5.74) is 0.759. The van der Waals surface area contributed by atoms with Crippen LogP contribution in [0.3, 0.4) is 0 Å². The van der Waals surface area contributed by atoms with Gasteiger partial charge in [-0.3, -0.25) is 0 Å². The highest BCUT2D eigenvalue weighted by atomic mass is 19.1. The van der Waals surface area contributed by atoms with Gasteiger partial charge in [0.25, 0.3) is 0 Å². The summed E-state index contributed by atoms with van der Waals surface area (Å²) in [7, 11) is -0.502. The molecule has 0 aliphatic rings. The molecule has 108 valence electrons. The van der Waals surface area contributed by atoms with Crippen LogP contribution >= 0.6 is 0 Å². The molecule has 0 unspecified atom stereocenters. The van der Waals surface area contributed by atoms with E-state index in [2.05, 4.69) is 25.6 Å². The summed E-state index contributed by atoms with van der Waals surface area (Å²) in [5.74, 6) is 5.66. The summed E-state index contributed by atoms with van der Waals surface area (Å²) in [6, 6.07) is 6.10.